The molecule has 0 radical (unpaired) electrons. The van der Waals surface area contributed by atoms with Crippen LogP contribution in [-0.4, -0.2) is 41.5 Å². The highest BCUT2D eigenvalue weighted by Gasteiger charge is 2.33. The number of hydrogen-bond acceptors (Lipinski definition) is 5. The molecule has 0 unspecified atom stereocenters. The summed E-state index contributed by atoms with van der Waals surface area (Å²) in [5, 5.41) is 16.8. The molecule has 1 aliphatic rings. The second-order valence-corrected chi connectivity index (χ2v) is 10.6. The maximum atomic E-state index is 13.1. The zero-order chi connectivity index (χ0) is 24.5. The maximum absolute atomic E-state index is 13.1. The first kappa shape index (κ1) is 23.7. The fourth-order valence-corrected chi connectivity index (χ4v) is 5.98. The highest BCUT2D eigenvalue weighted by Crippen LogP contribution is 2.27. The fraction of sp³-hybridized carbons (Fsp3) is 0.320. The second-order valence-electron chi connectivity index (χ2n) is 8.70. The summed E-state index contributed by atoms with van der Waals surface area (Å²) in [7, 11) is -3.80. The van der Waals surface area contributed by atoms with Crippen LogP contribution in [0.25, 0.3) is 5.69 Å². The summed E-state index contributed by atoms with van der Waals surface area (Å²) in [5.74, 6) is 0.117. The van der Waals surface area contributed by atoms with Gasteiger partial charge >= 0.3 is 0 Å². The second kappa shape index (κ2) is 9.41. The number of nitriles is 1. The number of piperidine rings is 1. The summed E-state index contributed by atoms with van der Waals surface area (Å²) in [6.45, 7) is 6.34. The van der Waals surface area contributed by atoms with Gasteiger partial charge in [-0.3, -0.25) is 4.79 Å². The van der Waals surface area contributed by atoms with E-state index in [9.17, 15) is 18.5 Å². The molecule has 0 bridgehead atoms. The van der Waals surface area contributed by atoms with Crippen molar-refractivity contribution in [3.63, 3.8) is 0 Å². The Morgan fingerprint density at radius 3 is 2.35 bits per heavy atom. The van der Waals surface area contributed by atoms with Crippen LogP contribution in [0, 0.1) is 38.0 Å². The third kappa shape index (κ3) is 4.74. The largest absolute Gasteiger partial charge is 0.310 e. The van der Waals surface area contributed by atoms with E-state index in [2.05, 4.69) is 16.5 Å². The third-order valence-corrected chi connectivity index (χ3v) is 7.94. The molecule has 1 aromatic heterocycles. The van der Waals surface area contributed by atoms with E-state index in [4.69, 9.17) is 0 Å². The van der Waals surface area contributed by atoms with Crippen molar-refractivity contribution in [3.05, 3.63) is 70.9 Å². The molecule has 176 valence electrons. The average Bonchev–Trinajstić information content (AvgIpc) is 3.18. The number of nitrogens with zero attached hydrogens (tertiary/aromatic N) is 4. The predicted octanol–water partition coefficient (Wildman–Crippen LogP) is 3.71. The van der Waals surface area contributed by atoms with Gasteiger partial charge < -0.3 is 5.32 Å². The van der Waals surface area contributed by atoms with Crippen molar-refractivity contribution in [2.24, 2.45) is 5.92 Å². The fourth-order valence-electron chi connectivity index (χ4n) is 4.37. The van der Waals surface area contributed by atoms with Gasteiger partial charge in [-0.1, -0.05) is 18.2 Å². The quantitative estimate of drug-likeness (QED) is 0.603. The Kier molecular flexibility index (Phi) is 6.55. The molecule has 1 fully saturated rings. The molecule has 0 spiro atoms. The molecular formula is C25H27N5O3S. The van der Waals surface area contributed by atoms with E-state index in [-0.39, 0.29) is 35.4 Å². The first-order valence-electron chi connectivity index (χ1n) is 11.1. The molecule has 0 saturated carbocycles. The molecule has 1 amide bonds. The van der Waals surface area contributed by atoms with Crippen LogP contribution >= 0.6 is 0 Å². The number of amides is 1. The van der Waals surface area contributed by atoms with Crippen LogP contribution in [0.4, 0.5) is 5.82 Å². The number of aryl methyl sites for hydroxylation is 3. The number of hydrogen-bond donors (Lipinski definition) is 1. The molecule has 2 aromatic carbocycles. The van der Waals surface area contributed by atoms with Crippen LogP contribution < -0.4 is 5.32 Å². The maximum Gasteiger partial charge on any atom is 0.244 e. The van der Waals surface area contributed by atoms with Crippen LogP contribution in [0.3, 0.4) is 0 Å². The Labute approximate surface area is 199 Å². The highest BCUT2D eigenvalue weighted by atomic mass is 32.2. The normalized spacial score (nSPS) is 15.1. The number of benzene rings is 2. The van der Waals surface area contributed by atoms with Gasteiger partial charge in [0.15, 0.2) is 0 Å². The van der Waals surface area contributed by atoms with Gasteiger partial charge in [0.05, 0.1) is 21.8 Å². The van der Waals surface area contributed by atoms with Crippen LogP contribution in [0.2, 0.25) is 0 Å². The van der Waals surface area contributed by atoms with E-state index in [1.165, 1.54) is 16.4 Å². The topological polar surface area (TPSA) is 108 Å². The molecule has 1 N–H and O–H groups in total. The summed E-state index contributed by atoms with van der Waals surface area (Å²) < 4.78 is 29.2. The van der Waals surface area contributed by atoms with Crippen molar-refractivity contribution < 1.29 is 13.2 Å². The van der Waals surface area contributed by atoms with Crippen molar-refractivity contribution >= 4 is 21.7 Å². The Hall–Kier alpha value is -3.48. The standard InChI is InChI=1S/C25H27N5O3S/c1-17-12-18(2)14-22(13-17)30-24(15-19(3)28-30)27-25(31)20-8-10-29(11-9-20)34(32,33)23-7-5-4-6-21(23)16-26/h4-7,12-15,20H,8-11H2,1-3H3,(H,27,31). The number of carbonyl (C=O) groups is 1. The summed E-state index contributed by atoms with van der Waals surface area (Å²) in [5.41, 5.74) is 3.99. The van der Waals surface area contributed by atoms with E-state index in [1.54, 1.807) is 16.8 Å². The summed E-state index contributed by atoms with van der Waals surface area (Å²) >= 11 is 0. The Morgan fingerprint density at radius 2 is 1.71 bits per heavy atom. The molecular weight excluding hydrogens is 450 g/mol. The van der Waals surface area contributed by atoms with E-state index in [0.717, 1.165) is 22.5 Å². The van der Waals surface area contributed by atoms with Gasteiger partial charge in [-0.2, -0.15) is 14.7 Å². The predicted molar refractivity (Wildman–Crippen MR) is 129 cm³/mol. The molecule has 34 heavy (non-hydrogen) atoms. The molecule has 3 aromatic rings. The molecule has 1 saturated heterocycles. The zero-order valence-corrected chi connectivity index (χ0v) is 20.3. The lowest BCUT2D eigenvalue weighted by Crippen LogP contribution is -2.41. The summed E-state index contributed by atoms with van der Waals surface area (Å²) in [4.78, 5) is 13.1. The minimum absolute atomic E-state index is 0.00762. The van der Waals surface area contributed by atoms with Crippen molar-refractivity contribution in [3.8, 4) is 11.8 Å². The lowest BCUT2D eigenvalue weighted by atomic mass is 9.97. The molecule has 8 nitrogen and oxygen atoms in total. The monoisotopic (exact) mass is 477 g/mol. The minimum atomic E-state index is -3.80. The first-order valence-corrected chi connectivity index (χ1v) is 12.6. The number of anilines is 1. The number of carbonyl (C=O) groups excluding carboxylic acids is 1. The molecule has 2 heterocycles. The summed E-state index contributed by atoms with van der Waals surface area (Å²) in [6.07, 6.45) is 0.799. The van der Waals surface area contributed by atoms with Gasteiger partial charge in [0.25, 0.3) is 0 Å². The summed E-state index contributed by atoms with van der Waals surface area (Å²) in [6, 6.07) is 16.1. The molecule has 0 atom stereocenters. The number of sulfonamides is 1. The van der Waals surface area contributed by atoms with Gasteiger partial charge in [-0.15, -0.1) is 0 Å². The van der Waals surface area contributed by atoms with Gasteiger partial charge in [0.1, 0.15) is 11.9 Å². The van der Waals surface area contributed by atoms with Gasteiger partial charge in [-0.25, -0.2) is 13.1 Å². The average molecular weight is 478 g/mol. The minimum Gasteiger partial charge on any atom is -0.310 e. The zero-order valence-electron chi connectivity index (χ0n) is 19.4. The highest BCUT2D eigenvalue weighted by molar-refractivity contribution is 7.89. The molecule has 0 aliphatic carbocycles. The lowest BCUT2D eigenvalue weighted by molar-refractivity contribution is -0.120. The Balaban J connectivity index is 1.47. The van der Waals surface area contributed by atoms with Crippen LogP contribution in [0.15, 0.2) is 53.4 Å². The van der Waals surface area contributed by atoms with E-state index in [1.807, 2.05) is 45.0 Å². The van der Waals surface area contributed by atoms with E-state index in [0.29, 0.717) is 18.7 Å². The third-order valence-electron chi connectivity index (χ3n) is 5.98. The molecule has 9 heteroatoms. The number of rotatable bonds is 5. The number of nitrogens with one attached hydrogen (secondary N) is 1. The Morgan fingerprint density at radius 1 is 1.06 bits per heavy atom. The molecule has 1 aliphatic heterocycles. The van der Waals surface area contributed by atoms with Crippen molar-refractivity contribution in [1.82, 2.24) is 14.1 Å². The SMILES string of the molecule is Cc1cc(C)cc(-n2nc(C)cc2NC(=O)C2CCN(S(=O)(=O)c3ccccc3C#N)CC2)c1. The first-order chi connectivity index (χ1) is 16.2. The smallest absolute Gasteiger partial charge is 0.244 e. The van der Waals surface area contributed by atoms with Crippen LogP contribution in [-0.2, 0) is 14.8 Å². The van der Waals surface area contributed by atoms with E-state index >= 15 is 0 Å². The van der Waals surface area contributed by atoms with Gasteiger partial charge in [-0.05, 0) is 69.0 Å². The van der Waals surface area contributed by atoms with Crippen LogP contribution in [0.1, 0.15) is 35.2 Å². The van der Waals surface area contributed by atoms with E-state index < -0.39 is 10.0 Å². The van der Waals surface area contributed by atoms with Gasteiger partial charge in [0, 0.05) is 25.1 Å². The number of aromatic nitrogens is 2. The Bertz CT molecular complexity index is 1360. The molecule has 4 rings (SSSR count). The van der Waals surface area contributed by atoms with Crippen molar-refractivity contribution in [1.29, 1.82) is 5.26 Å². The van der Waals surface area contributed by atoms with Crippen molar-refractivity contribution in [2.45, 2.75) is 38.5 Å². The van der Waals surface area contributed by atoms with Crippen LogP contribution in [0.5, 0.6) is 0 Å². The van der Waals surface area contributed by atoms with Crippen molar-refractivity contribution in [2.75, 3.05) is 18.4 Å². The van der Waals surface area contributed by atoms with Gasteiger partial charge in [0.2, 0.25) is 15.9 Å². The lowest BCUT2D eigenvalue weighted by Gasteiger charge is -2.30.